The minimum Gasteiger partial charge on any atom is -0.397 e. The molecule has 17 heavy (non-hydrogen) atoms. The summed E-state index contributed by atoms with van der Waals surface area (Å²) in [6, 6.07) is 3.74. The Kier molecular flexibility index (Phi) is 4.69. The van der Waals surface area contributed by atoms with E-state index in [1.807, 2.05) is 12.1 Å². The van der Waals surface area contributed by atoms with Crippen LogP contribution in [0, 0.1) is 5.41 Å². The van der Waals surface area contributed by atoms with Gasteiger partial charge in [0, 0.05) is 35.9 Å². The van der Waals surface area contributed by atoms with E-state index >= 15 is 0 Å². The second-order valence-corrected chi connectivity index (χ2v) is 3.41. The van der Waals surface area contributed by atoms with Crippen molar-refractivity contribution in [2.75, 3.05) is 6.54 Å². The van der Waals surface area contributed by atoms with Crippen molar-refractivity contribution in [2.45, 2.75) is 0 Å². The molecule has 0 unspecified atom stereocenters. The van der Waals surface area contributed by atoms with Crippen molar-refractivity contribution in [1.29, 1.82) is 5.41 Å². The molecule has 4 nitrogen and oxygen atoms in total. The molecule has 0 bridgehead atoms. The Labute approximate surface area is 101 Å². The molecule has 0 spiro atoms. The summed E-state index contributed by atoms with van der Waals surface area (Å²) in [5.41, 5.74) is 7.54. The molecule has 0 aliphatic heterocycles. The number of aromatic nitrogens is 1. The highest BCUT2D eigenvalue weighted by atomic mass is 14.9. The van der Waals surface area contributed by atoms with Crippen LogP contribution >= 0.6 is 0 Å². The standard InChI is InChI=1S/C13H16N4/c1-3-6-17-13(8-12(15)10(2)14)11-5-4-7-16-9-11/h3-5,7-9,15,17H,1-2,6,14H2/b13-8-,15-12?. The number of nitrogens with one attached hydrogen (secondary N) is 2. The van der Waals surface area contributed by atoms with Crippen molar-refractivity contribution in [1.82, 2.24) is 10.3 Å². The molecular weight excluding hydrogens is 212 g/mol. The van der Waals surface area contributed by atoms with Gasteiger partial charge in [-0.3, -0.25) is 10.4 Å². The summed E-state index contributed by atoms with van der Waals surface area (Å²) in [7, 11) is 0. The zero-order valence-corrected chi connectivity index (χ0v) is 9.61. The van der Waals surface area contributed by atoms with Gasteiger partial charge in [0.1, 0.15) is 0 Å². The fourth-order valence-corrected chi connectivity index (χ4v) is 1.18. The zero-order chi connectivity index (χ0) is 12.7. The molecule has 0 aliphatic rings. The molecule has 1 rings (SSSR count). The van der Waals surface area contributed by atoms with Crippen LogP contribution in [0.25, 0.3) is 5.70 Å². The SMILES string of the molecule is C=CCN/C(=C\C(=N)C(=C)N)c1cccnc1. The van der Waals surface area contributed by atoms with E-state index in [-0.39, 0.29) is 11.4 Å². The van der Waals surface area contributed by atoms with Crippen molar-refractivity contribution in [3.8, 4) is 0 Å². The highest BCUT2D eigenvalue weighted by Crippen LogP contribution is 2.10. The molecule has 4 N–H and O–H groups in total. The van der Waals surface area contributed by atoms with Crippen LogP contribution in [0.2, 0.25) is 0 Å². The van der Waals surface area contributed by atoms with Gasteiger partial charge in [-0.05, 0) is 18.2 Å². The van der Waals surface area contributed by atoms with Gasteiger partial charge in [0.25, 0.3) is 0 Å². The van der Waals surface area contributed by atoms with Gasteiger partial charge in [-0.2, -0.15) is 0 Å². The highest BCUT2D eigenvalue weighted by molar-refractivity contribution is 6.08. The molecule has 0 amide bonds. The Morgan fingerprint density at radius 3 is 2.88 bits per heavy atom. The number of pyridine rings is 1. The molecule has 0 radical (unpaired) electrons. The lowest BCUT2D eigenvalue weighted by molar-refractivity contribution is 1.01. The summed E-state index contributed by atoms with van der Waals surface area (Å²) in [6.45, 7) is 7.77. The first kappa shape index (κ1) is 12.7. The largest absolute Gasteiger partial charge is 0.397 e. The minimum absolute atomic E-state index is 0.181. The normalized spacial score (nSPS) is 10.7. The van der Waals surface area contributed by atoms with E-state index in [4.69, 9.17) is 11.1 Å². The maximum atomic E-state index is 7.67. The van der Waals surface area contributed by atoms with Crippen LogP contribution < -0.4 is 11.1 Å². The Morgan fingerprint density at radius 2 is 2.35 bits per heavy atom. The predicted octanol–water partition coefficient (Wildman–Crippen LogP) is 1.69. The highest BCUT2D eigenvalue weighted by Gasteiger charge is 2.02. The molecular formula is C13H16N4. The third-order valence-electron chi connectivity index (χ3n) is 2.04. The molecule has 1 aromatic rings. The summed E-state index contributed by atoms with van der Waals surface area (Å²) in [5.74, 6) is 0. The van der Waals surface area contributed by atoms with Crippen molar-refractivity contribution in [2.24, 2.45) is 5.73 Å². The monoisotopic (exact) mass is 228 g/mol. The van der Waals surface area contributed by atoms with Gasteiger partial charge in [0.05, 0.1) is 5.71 Å². The third-order valence-corrected chi connectivity index (χ3v) is 2.04. The molecule has 0 saturated heterocycles. The molecule has 4 heteroatoms. The molecule has 0 saturated carbocycles. The summed E-state index contributed by atoms with van der Waals surface area (Å²) in [5, 5.41) is 10.8. The number of rotatable bonds is 6. The summed E-state index contributed by atoms with van der Waals surface area (Å²) in [4.78, 5) is 4.03. The number of hydrogen-bond acceptors (Lipinski definition) is 4. The van der Waals surface area contributed by atoms with Crippen molar-refractivity contribution >= 4 is 11.4 Å². The van der Waals surface area contributed by atoms with E-state index in [9.17, 15) is 0 Å². The average molecular weight is 228 g/mol. The van der Waals surface area contributed by atoms with Crippen molar-refractivity contribution < 1.29 is 0 Å². The van der Waals surface area contributed by atoms with Crippen LogP contribution in [0.5, 0.6) is 0 Å². The maximum absolute atomic E-state index is 7.67. The second kappa shape index (κ2) is 6.27. The van der Waals surface area contributed by atoms with Gasteiger partial charge < -0.3 is 11.1 Å². The first-order valence-corrected chi connectivity index (χ1v) is 5.15. The number of allylic oxidation sites excluding steroid dienone is 1. The molecule has 1 aromatic heterocycles. The van der Waals surface area contributed by atoms with Crippen molar-refractivity contribution in [3.05, 3.63) is 61.1 Å². The van der Waals surface area contributed by atoms with Gasteiger partial charge in [-0.25, -0.2) is 0 Å². The molecule has 0 aromatic carbocycles. The van der Waals surface area contributed by atoms with Crippen LogP contribution in [-0.4, -0.2) is 17.2 Å². The molecule has 88 valence electrons. The quantitative estimate of drug-likeness (QED) is 0.512. The summed E-state index contributed by atoms with van der Waals surface area (Å²) >= 11 is 0. The molecule has 1 heterocycles. The van der Waals surface area contributed by atoms with Gasteiger partial charge in [0.15, 0.2) is 0 Å². The van der Waals surface area contributed by atoms with E-state index in [1.54, 1.807) is 24.5 Å². The smallest absolute Gasteiger partial charge is 0.0783 e. The second-order valence-electron chi connectivity index (χ2n) is 3.41. The van der Waals surface area contributed by atoms with E-state index < -0.39 is 0 Å². The first-order valence-electron chi connectivity index (χ1n) is 5.15. The van der Waals surface area contributed by atoms with E-state index in [0.717, 1.165) is 11.3 Å². The minimum atomic E-state index is 0.181. The van der Waals surface area contributed by atoms with Crippen LogP contribution in [0.1, 0.15) is 5.56 Å². The third kappa shape index (κ3) is 3.95. The maximum Gasteiger partial charge on any atom is 0.0783 e. The number of nitrogens with two attached hydrogens (primary N) is 1. The lowest BCUT2D eigenvalue weighted by atomic mass is 10.1. The van der Waals surface area contributed by atoms with Crippen LogP contribution in [0.4, 0.5) is 0 Å². The fourth-order valence-electron chi connectivity index (χ4n) is 1.18. The Hall–Kier alpha value is -2.36. The Balaban J connectivity index is 2.99. The van der Waals surface area contributed by atoms with Crippen LogP contribution in [-0.2, 0) is 0 Å². The van der Waals surface area contributed by atoms with E-state index in [2.05, 4.69) is 23.5 Å². The topological polar surface area (TPSA) is 74.8 Å². The Morgan fingerprint density at radius 1 is 1.59 bits per heavy atom. The lowest BCUT2D eigenvalue weighted by Crippen LogP contribution is -2.15. The lowest BCUT2D eigenvalue weighted by Gasteiger charge is -2.09. The van der Waals surface area contributed by atoms with Gasteiger partial charge in [0.2, 0.25) is 0 Å². The van der Waals surface area contributed by atoms with Crippen LogP contribution in [0.15, 0.2) is 55.5 Å². The molecule has 0 atom stereocenters. The first-order chi connectivity index (χ1) is 8.15. The van der Waals surface area contributed by atoms with Gasteiger partial charge in [-0.1, -0.05) is 12.7 Å². The van der Waals surface area contributed by atoms with Gasteiger partial charge in [-0.15, -0.1) is 6.58 Å². The average Bonchev–Trinajstić information content (AvgIpc) is 2.35. The molecule has 0 aliphatic carbocycles. The zero-order valence-electron chi connectivity index (χ0n) is 9.61. The Bertz CT molecular complexity index is 446. The fraction of sp³-hybridized carbons (Fsp3) is 0.0769. The summed E-state index contributed by atoms with van der Waals surface area (Å²) in [6.07, 6.45) is 6.78. The van der Waals surface area contributed by atoms with E-state index in [1.165, 1.54) is 0 Å². The van der Waals surface area contributed by atoms with Gasteiger partial charge >= 0.3 is 0 Å². The molecule has 0 fully saturated rings. The van der Waals surface area contributed by atoms with E-state index in [0.29, 0.717) is 6.54 Å². The predicted molar refractivity (Wildman–Crippen MR) is 71.5 cm³/mol. The number of hydrogen-bond donors (Lipinski definition) is 3. The van der Waals surface area contributed by atoms with Crippen LogP contribution in [0.3, 0.4) is 0 Å². The van der Waals surface area contributed by atoms with Crippen molar-refractivity contribution in [3.63, 3.8) is 0 Å². The number of nitrogens with zero attached hydrogens (tertiary/aromatic N) is 1. The summed E-state index contributed by atoms with van der Waals surface area (Å²) < 4.78 is 0.